The van der Waals surface area contributed by atoms with Crippen molar-refractivity contribution < 1.29 is 33.2 Å². The first-order valence-electron chi connectivity index (χ1n) is 13.7. The molecule has 226 valence electrons. The fourth-order valence-electron chi connectivity index (χ4n) is 5.17. The van der Waals surface area contributed by atoms with Crippen LogP contribution in [0.2, 0.25) is 4.34 Å². The smallest absolute Gasteiger partial charge is 0.408 e. The van der Waals surface area contributed by atoms with Gasteiger partial charge in [-0.2, -0.15) is 0 Å². The topological polar surface area (TPSA) is 154 Å². The molecular weight excluding hydrogens is 592 g/mol. The second kappa shape index (κ2) is 12.8. The number of carbonyl (C=O) groups excluding carboxylic acids is 4. The maximum Gasteiger partial charge on any atom is 0.408 e. The van der Waals surface area contributed by atoms with E-state index in [1.807, 2.05) is 12.2 Å². The third-order valence-corrected chi connectivity index (χ3v) is 9.87. The van der Waals surface area contributed by atoms with E-state index in [1.54, 1.807) is 32.9 Å². The summed E-state index contributed by atoms with van der Waals surface area (Å²) in [7, 11) is -1.87. The van der Waals surface area contributed by atoms with E-state index in [0.717, 1.165) is 30.6 Å². The molecule has 2 fully saturated rings. The number of aliphatic hydroxyl groups excluding tert-OH is 1. The van der Waals surface area contributed by atoms with Crippen LogP contribution in [-0.4, -0.2) is 73.9 Å². The second-order valence-corrected chi connectivity index (χ2v) is 14.8. The summed E-state index contributed by atoms with van der Waals surface area (Å²) < 4.78 is 21.5. The monoisotopic (exact) mass is 628 g/mol. The largest absolute Gasteiger partial charge is 0.444 e. The van der Waals surface area contributed by atoms with Gasteiger partial charge in [0.2, 0.25) is 11.8 Å². The first-order chi connectivity index (χ1) is 19.3. The number of amides is 4. The number of fused-ring (bicyclic) bond motifs is 2. The van der Waals surface area contributed by atoms with Gasteiger partial charge in [0.05, 0.1) is 10.4 Å². The van der Waals surface area contributed by atoms with E-state index in [-0.39, 0.29) is 18.9 Å². The van der Waals surface area contributed by atoms with Crippen molar-refractivity contribution in [2.75, 3.05) is 6.54 Å². The average Bonchev–Trinajstić information content (AvgIpc) is 3.17. The molecular formula is C27H37ClN4O7S2. The van der Waals surface area contributed by atoms with Gasteiger partial charge in [0, 0.05) is 18.9 Å². The van der Waals surface area contributed by atoms with Crippen LogP contribution in [0.4, 0.5) is 4.79 Å². The van der Waals surface area contributed by atoms with Crippen molar-refractivity contribution in [3.63, 3.8) is 0 Å². The summed E-state index contributed by atoms with van der Waals surface area (Å²) in [5.41, 5.74) is -2.11. The number of carbonyl (C=O) groups is 4. The molecule has 14 heteroatoms. The van der Waals surface area contributed by atoms with Crippen molar-refractivity contribution in [1.82, 2.24) is 20.3 Å². The summed E-state index contributed by atoms with van der Waals surface area (Å²) in [6, 6.07) is 1.14. The predicted molar refractivity (Wildman–Crippen MR) is 154 cm³/mol. The summed E-state index contributed by atoms with van der Waals surface area (Å²) >= 11 is 7.03. The zero-order valence-corrected chi connectivity index (χ0v) is 25.7. The minimum absolute atomic E-state index is 0.0193. The summed E-state index contributed by atoms with van der Waals surface area (Å²) in [6.45, 7) is 5.07. The fourth-order valence-corrected chi connectivity index (χ4v) is 7.42. The maximum absolute atomic E-state index is 13.7. The predicted octanol–water partition coefficient (Wildman–Crippen LogP) is 2.79. The van der Waals surface area contributed by atoms with Gasteiger partial charge in [-0.1, -0.05) is 36.6 Å². The Kier molecular flexibility index (Phi) is 9.82. The molecule has 0 spiro atoms. The second-order valence-electron chi connectivity index (χ2n) is 11.7. The summed E-state index contributed by atoms with van der Waals surface area (Å²) in [4.78, 5) is 54.6. The Hall–Kier alpha value is -2.48. The normalized spacial score (nSPS) is 30.5. The maximum atomic E-state index is 13.7. The van der Waals surface area contributed by atoms with Crippen LogP contribution in [0.5, 0.6) is 0 Å². The molecule has 1 aromatic rings. The minimum Gasteiger partial charge on any atom is -0.444 e. The molecule has 1 aromatic heterocycles. The SMILES string of the molecule is CC(C)(C)OC(=O)NC1CCCCC/C=C\C2CC2(C(=O)NS(=O)c2ccc(Cl)s2)NC(=O)C2CC(O)CN2C1=O. The Labute approximate surface area is 251 Å². The van der Waals surface area contributed by atoms with E-state index in [0.29, 0.717) is 27.8 Å². The van der Waals surface area contributed by atoms with Crippen LogP contribution in [0.3, 0.4) is 0 Å². The Morgan fingerprint density at radius 3 is 2.68 bits per heavy atom. The Morgan fingerprint density at radius 2 is 2.00 bits per heavy atom. The number of hydrogen-bond donors (Lipinski definition) is 4. The fraction of sp³-hybridized carbons (Fsp3) is 0.630. The van der Waals surface area contributed by atoms with Gasteiger partial charge in [0.1, 0.15) is 27.4 Å². The van der Waals surface area contributed by atoms with Crippen LogP contribution < -0.4 is 15.4 Å². The van der Waals surface area contributed by atoms with Crippen LogP contribution in [0, 0.1) is 5.92 Å². The van der Waals surface area contributed by atoms with E-state index in [1.165, 1.54) is 4.90 Å². The number of rotatable bonds is 4. The quantitative estimate of drug-likeness (QED) is 0.374. The lowest BCUT2D eigenvalue weighted by atomic mass is 10.0. The van der Waals surface area contributed by atoms with Gasteiger partial charge in [-0.15, -0.1) is 11.3 Å². The molecule has 1 saturated heterocycles. The number of ether oxygens (including phenoxy) is 1. The van der Waals surface area contributed by atoms with E-state index in [2.05, 4.69) is 15.4 Å². The number of allylic oxidation sites excluding steroid dienone is 1. The van der Waals surface area contributed by atoms with E-state index in [9.17, 15) is 28.5 Å². The summed E-state index contributed by atoms with van der Waals surface area (Å²) in [6.07, 6.45) is 5.81. The van der Waals surface area contributed by atoms with Gasteiger partial charge < -0.3 is 25.4 Å². The zero-order valence-electron chi connectivity index (χ0n) is 23.3. The highest BCUT2D eigenvalue weighted by atomic mass is 35.5. The molecule has 41 heavy (non-hydrogen) atoms. The van der Waals surface area contributed by atoms with Crippen LogP contribution in [0.25, 0.3) is 0 Å². The summed E-state index contributed by atoms with van der Waals surface area (Å²) in [5.74, 6) is -2.02. The van der Waals surface area contributed by atoms with Gasteiger partial charge in [0.25, 0.3) is 5.91 Å². The highest BCUT2D eigenvalue weighted by Gasteiger charge is 2.61. The van der Waals surface area contributed by atoms with Crippen molar-refractivity contribution in [1.29, 1.82) is 0 Å². The standard InChI is InChI=1S/C27H37ClN4O7S2/c1-26(2,3)39-25(37)29-18-10-8-6-4-5-7-9-16-14-27(16,24(36)31-41(38)21-12-11-20(28)40-21)30-22(34)19-13-17(33)15-32(19)23(18)35/h7,9,11-12,16-19,33H,4-6,8,10,13-15H2,1-3H3,(H,29,37)(H,30,34)(H,31,36)/b9-7-. The lowest BCUT2D eigenvalue weighted by Gasteiger charge is -2.30. The van der Waals surface area contributed by atoms with Crippen LogP contribution in [-0.2, 0) is 30.1 Å². The van der Waals surface area contributed by atoms with Gasteiger partial charge in [-0.3, -0.25) is 19.1 Å². The number of halogens is 1. The lowest BCUT2D eigenvalue weighted by molar-refractivity contribution is -0.141. The molecule has 4 N–H and O–H groups in total. The molecule has 0 radical (unpaired) electrons. The molecule has 3 heterocycles. The van der Waals surface area contributed by atoms with Crippen molar-refractivity contribution in [3.8, 4) is 0 Å². The number of hydrogen-bond acceptors (Lipinski definition) is 8. The van der Waals surface area contributed by atoms with Crippen LogP contribution in [0.1, 0.15) is 65.7 Å². The third kappa shape index (κ3) is 7.88. The molecule has 0 bridgehead atoms. The Bertz CT molecular complexity index is 1230. The first kappa shape index (κ1) is 31.5. The zero-order chi connectivity index (χ0) is 29.9. The molecule has 4 amide bonds. The lowest BCUT2D eigenvalue weighted by Crippen LogP contribution is -2.58. The molecule has 1 aliphatic carbocycles. The number of thiophene rings is 1. The molecule has 6 atom stereocenters. The van der Waals surface area contributed by atoms with Crippen molar-refractivity contribution >= 4 is 57.7 Å². The first-order valence-corrected chi connectivity index (χ1v) is 16.1. The average molecular weight is 629 g/mol. The van der Waals surface area contributed by atoms with Crippen molar-refractivity contribution in [2.24, 2.45) is 5.92 Å². The highest BCUT2D eigenvalue weighted by molar-refractivity contribution is 7.86. The molecule has 2 aliphatic heterocycles. The van der Waals surface area contributed by atoms with Crippen LogP contribution >= 0.6 is 22.9 Å². The van der Waals surface area contributed by atoms with E-state index < -0.39 is 64.1 Å². The number of nitrogens with zero attached hydrogens (tertiary/aromatic N) is 1. The third-order valence-electron chi connectivity index (χ3n) is 7.27. The van der Waals surface area contributed by atoms with Crippen molar-refractivity contribution in [3.05, 3.63) is 28.6 Å². The van der Waals surface area contributed by atoms with Gasteiger partial charge in [0.15, 0.2) is 11.0 Å². The van der Waals surface area contributed by atoms with Gasteiger partial charge in [-0.25, -0.2) is 9.00 Å². The summed E-state index contributed by atoms with van der Waals surface area (Å²) in [5, 5.41) is 15.9. The van der Waals surface area contributed by atoms with Crippen molar-refractivity contribution in [2.45, 2.75) is 99.3 Å². The van der Waals surface area contributed by atoms with E-state index >= 15 is 0 Å². The van der Waals surface area contributed by atoms with Gasteiger partial charge in [-0.05, 0) is 58.6 Å². The van der Waals surface area contributed by atoms with E-state index in [4.69, 9.17) is 16.3 Å². The highest BCUT2D eigenvalue weighted by Crippen LogP contribution is 2.45. The molecule has 11 nitrogen and oxygen atoms in total. The van der Waals surface area contributed by atoms with Crippen LogP contribution in [0.15, 0.2) is 28.5 Å². The molecule has 3 aliphatic rings. The van der Waals surface area contributed by atoms with Gasteiger partial charge >= 0.3 is 6.09 Å². The number of alkyl carbamates (subject to hydrolysis) is 1. The number of nitrogens with one attached hydrogen (secondary N) is 3. The Morgan fingerprint density at radius 1 is 1.24 bits per heavy atom. The Balaban J connectivity index is 1.56. The molecule has 6 unspecified atom stereocenters. The minimum atomic E-state index is -1.87. The molecule has 1 saturated carbocycles. The molecule has 0 aromatic carbocycles. The number of aliphatic hydroxyl groups is 1. The molecule has 4 rings (SSSR count).